The molecule has 1 aromatic heterocycles. The van der Waals surface area contributed by atoms with Crippen LogP contribution in [0.3, 0.4) is 0 Å². The molecule has 6 nitrogen and oxygen atoms in total. The summed E-state index contributed by atoms with van der Waals surface area (Å²) in [7, 11) is 2.04. The summed E-state index contributed by atoms with van der Waals surface area (Å²) in [6.45, 7) is 5.15. The molecule has 150 valence electrons. The van der Waals surface area contributed by atoms with Crippen molar-refractivity contribution in [3.8, 4) is 0 Å². The van der Waals surface area contributed by atoms with Crippen molar-refractivity contribution >= 4 is 11.8 Å². The fraction of sp³-hybridized carbons (Fsp3) is 0.500. The van der Waals surface area contributed by atoms with Gasteiger partial charge in [-0.1, -0.05) is 6.07 Å². The lowest BCUT2D eigenvalue weighted by atomic mass is 10.2. The summed E-state index contributed by atoms with van der Waals surface area (Å²) in [6, 6.07) is 6.00. The molecule has 4 rings (SSSR count). The van der Waals surface area contributed by atoms with Crippen LogP contribution in [-0.4, -0.2) is 67.4 Å². The van der Waals surface area contributed by atoms with Gasteiger partial charge in [0, 0.05) is 63.6 Å². The van der Waals surface area contributed by atoms with Crippen molar-refractivity contribution in [1.82, 2.24) is 14.9 Å². The van der Waals surface area contributed by atoms with Gasteiger partial charge in [0.05, 0.1) is 13.2 Å². The fourth-order valence-electron chi connectivity index (χ4n) is 3.80. The quantitative estimate of drug-likeness (QED) is 0.782. The minimum absolute atomic E-state index is 0.288. The van der Waals surface area contributed by atoms with Crippen LogP contribution in [0.25, 0.3) is 0 Å². The van der Waals surface area contributed by atoms with Gasteiger partial charge >= 0.3 is 0 Å². The standard InChI is InChI=1S/C20H25F2N5O/c1-25(19-4-6-23-20(24-19)27-8-10-28-11-9-27)17-5-7-26(14-17)13-15-2-3-16(21)12-18(15)22/h2-4,6,12,17H,5,7-11,13-14H2,1H3. The minimum Gasteiger partial charge on any atom is -0.378 e. The summed E-state index contributed by atoms with van der Waals surface area (Å²) < 4.78 is 32.4. The number of hydrogen-bond donors (Lipinski definition) is 0. The smallest absolute Gasteiger partial charge is 0.227 e. The second-order valence-corrected chi connectivity index (χ2v) is 7.34. The molecule has 28 heavy (non-hydrogen) atoms. The molecule has 0 bridgehead atoms. The topological polar surface area (TPSA) is 44.7 Å². The Morgan fingerprint density at radius 2 is 2.00 bits per heavy atom. The maximum Gasteiger partial charge on any atom is 0.227 e. The van der Waals surface area contributed by atoms with E-state index in [9.17, 15) is 8.78 Å². The van der Waals surface area contributed by atoms with E-state index in [2.05, 4.69) is 19.7 Å². The highest BCUT2D eigenvalue weighted by molar-refractivity contribution is 5.44. The van der Waals surface area contributed by atoms with Gasteiger partial charge in [-0.2, -0.15) is 4.98 Å². The van der Waals surface area contributed by atoms with Crippen LogP contribution < -0.4 is 9.80 Å². The van der Waals surface area contributed by atoms with E-state index >= 15 is 0 Å². The summed E-state index contributed by atoms with van der Waals surface area (Å²) in [5.41, 5.74) is 0.529. The monoisotopic (exact) mass is 389 g/mol. The van der Waals surface area contributed by atoms with Crippen molar-refractivity contribution in [1.29, 1.82) is 0 Å². The van der Waals surface area contributed by atoms with Gasteiger partial charge in [-0.15, -0.1) is 0 Å². The van der Waals surface area contributed by atoms with Gasteiger partial charge in [0.15, 0.2) is 0 Å². The predicted molar refractivity (Wildman–Crippen MR) is 104 cm³/mol. The van der Waals surface area contributed by atoms with Gasteiger partial charge in [-0.05, 0) is 18.6 Å². The maximum atomic E-state index is 13.9. The number of rotatable bonds is 5. The molecule has 2 aliphatic heterocycles. The number of likely N-dealkylation sites (N-methyl/N-ethyl adjacent to an activating group) is 1. The van der Waals surface area contributed by atoms with Gasteiger partial charge in [-0.3, -0.25) is 4.90 Å². The number of benzene rings is 1. The molecular formula is C20H25F2N5O. The molecule has 8 heteroatoms. The van der Waals surface area contributed by atoms with E-state index in [-0.39, 0.29) is 6.04 Å². The predicted octanol–water partition coefficient (Wildman–Crippen LogP) is 2.30. The Bertz CT molecular complexity index is 815. The Morgan fingerprint density at radius 3 is 2.79 bits per heavy atom. The average molecular weight is 389 g/mol. The van der Waals surface area contributed by atoms with E-state index in [0.29, 0.717) is 25.3 Å². The van der Waals surface area contributed by atoms with Gasteiger partial charge in [0.1, 0.15) is 17.5 Å². The Hall–Kier alpha value is -2.32. The molecule has 1 unspecified atom stereocenters. The summed E-state index contributed by atoms with van der Waals surface area (Å²) in [4.78, 5) is 15.7. The lowest BCUT2D eigenvalue weighted by Gasteiger charge is -2.29. The van der Waals surface area contributed by atoms with E-state index in [1.54, 1.807) is 6.20 Å². The molecule has 2 saturated heterocycles. The normalized spacial score (nSPS) is 20.5. The highest BCUT2D eigenvalue weighted by Crippen LogP contribution is 2.23. The van der Waals surface area contributed by atoms with E-state index in [1.165, 1.54) is 12.1 Å². The van der Waals surface area contributed by atoms with Crippen LogP contribution in [0.5, 0.6) is 0 Å². The van der Waals surface area contributed by atoms with Crippen LogP contribution in [0, 0.1) is 11.6 Å². The zero-order valence-corrected chi connectivity index (χ0v) is 16.0. The van der Waals surface area contributed by atoms with E-state index in [4.69, 9.17) is 9.72 Å². The lowest BCUT2D eigenvalue weighted by Crippen LogP contribution is -2.38. The number of nitrogens with zero attached hydrogens (tertiary/aromatic N) is 5. The van der Waals surface area contributed by atoms with E-state index in [1.807, 2.05) is 13.1 Å². The van der Waals surface area contributed by atoms with Gasteiger partial charge in [0.2, 0.25) is 5.95 Å². The van der Waals surface area contributed by atoms with Crippen LogP contribution in [-0.2, 0) is 11.3 Å². The zero-order chi connectivity index (χ0) is 19.5. The highest BCUT2D eigenvalue weighted by Gasteiger charge is 2.27. The van der Waals surface area contributed by atoms with Crippen molar-refractivity contribution in [3.05, 3.63) is 47.7 Å². The molecule has 1 aromatic carbocycles. The van der Waals surface area contributed by atoms with Crippen molar-refractivity contribution < 1.29 is 13.5 Å². The third-order valence-electron chi connectivity index (χ3n) is 5.49. The molecule has 0 saturated carbocycles. The first kappa shape index (κ1) is 19.0. The van der Waals surface area contributed by atoms with Crippen LogP contribution >= 0.6 is 0 Å². The van der Waals surface area contributed by atoms with Crippen molar-refractivity contribution in [2.45, 2.75) is 19.0 Å². The Labute approximate surface area is 163 Å². The second-order valence-electron chi connectivity index (χ2n) is 7.34. The van der Waals surface area contributed by atoms with Crippen LogP contribution in [0.2, 0.25) is 0 Å². The number of likely N-dealkylation sites (tertiary alicyclic amines) is 1. The number of halogens is 2. The largest absolute Gasteiger partial charge is 0.378 e. The molecular weight excluding hydrogens is 364 g/mol. The Morgan fingerprint density at radius 1 is 1.18 bits per heavy atom. The molecule has 1 atom stereocenters. The summed E-state index contributed by atoms with van der Waals surface area (Å²) in [5.74, 6) is 0.593. The third kappa shape index (κ3) is 4.23. The maximum absolute atomic E-state index is 13.9. The Balaban J connectivity index is 1.39. The fourth-order valence-corrected chi connectivity index (χ4v) is 3.80. The number of anilines is 2. The minimum atomic E-state index is -0.542. The molecule has 0 radical (unpaired) electrons. The molecule has 0 amide bonds. The van der Waals surface area contributed by atoms with Gasteiger partial charge in [-0.25, -0.2) is 13.8 Å². The van der Waals surface area contributed by atoms with E-state index in [0.717, 1.165) is 50.4 Å². The van der Waals surface area contributed by atoms with Gasteiger partial charge in [0.25, 0.3) is 0 Å². The van der Waals surface area contributed by atoms with Crippen LogP contribution in [0.15, 0.2) is 30.5 Å². The molecule has 2 aliphatic rings. The molecule has 0 aliphatic carbocycles. The highest BCUT2D eigenvalue weighted by atomic mass is 19.1. The molecule has 2 fully saturated rings. The van der Waals surface area contributed by atoms with E-state index < -0.39 is 11.6 Å². The lowest BCUT2D eigenvalue weighted by molar-refractivity contribution is 0.122. The molecule has 2 aromatic rings. The summed E-state index contributed by atoms with van der Waals surface area (Å²) >= 11 is 0. The third-order valence-corrected chi connectivity index (χ3v) is 5.49. The van der Waals surface area contributed by atoms with Crippen LogP contribution in [0.1, 0.15) is 12.0 Å². The number of aromatic nitrogens is 2. The first-order chi connectivity index (χ1) is 13.6. The van der Waals surface area contributed by atoms with Crippen molar-refractivity contribution in [2.24, 2.45) is 0 Å². The first-order valence-electron chi connectivity index (χ1n) is 9.65. The number of hydrogen-bond acceptors (Lipinski definition) is 6. The van der Waals surface area contributed by atoms with Crippen molar-refractivity contribution in [3.63, 3.8) is 0 Å². The van der Waals surface area contributed by atoms with Crippen molar-refractivity contribution in [2.75, 3.05) is 56.2 Å². The number of morpholine rings is 1. The summed E-state index contributed by atoms with van der Waals surface area (Å²) in [5, 5.41) is 0. The summed E-state index contributed by atoms with van der Waals surface area (Å²) in [6.07, 6.45) is 2.76. The average Bonchev–Trinajstić information content (AvgIpc) is 3.19. The zero-order valence-electron chi connectivity index (χ0n) is 16.0. The van der Waals surface area contributed by atoms with Crippen LogP contribution in [0.4, 0.5) is 20.5 Å². The number of ether oxygens (including phenoxy) is 1. The Kier molecular flexibility index (Phi) is 5.68. The first-order valence-corrected chi connectivity index (χ1v) is 9.65. The van der Waals surface area contributed by atoms with Gasteiger partial charge < -0.3 is 14.5 Å². The molecule has 0 spiro atoms. The molecule has 0 N–H and O–H groups in total. The molecule has 3 heterocycles. The SMILES string of the molecule is CN(c1ccnc(N2CCOCC2)n1)C1CCN(Cc2ccc(F)cc2F)C1. The second kappa shape index (κ2) is 8.36.